The van der Waals surface area contributed by atoms with Gasteiger partial charge in [-0.15, -0.1) is 0 Å². The Kier molecular flexibility index (Phi) is 4.52. The van der Waals surface area contributed by atoms with Crippen LogP contribution < -0.4 is 10.6 Å². The van der Waals surface area contributed by atoms with Gasteiger partial charge >= 0.3 is 6.03 Å². The molecule has 0 aliphatic carbocycles. The van der Waals surface area contributed by atoms with Gasteiger partial charge in [0.2, 0.25) is 0 Å². The number of nitrogens with one attached hydrogen (secondary N) is 2. The SMILES string of the molecule is Cc1ccc(NC(=O)Nc2cccc(-c3nc4cccnc4s3)c2)cc1F. The monoisotopic (exact) mass is 378 g/mol. The van der Waals surface area contributed by atoms with Gasteiger partial charge in [0.25, 0.3) is 0 Å². The molecular weight excluding hydrogens is 363 g/mol. The quantitative estimate of drug-likeness (QED) is 0.498. The van der Waals surface area contributed by atoms with Crippen LogP contribution in [-0.4, -0.2) is 16.0 Å². The van der Waals surface area contributed by atoms with Crippen LogP contribution in [0.1, 0.15) is 5.56 Å². The maximum absolute atomic E-state index is 13.6. The molecule has 2 heterocycles. The van der Waals surface area contributed by atoms with Crippen molar-refractivity contribution in [1.82, 2.24) is 9.97 Å². The van der Waals surface area contributed by atoms with Gasteiger partial charge in [0.05, 0.1) is 0 Å². The summed E-state index contributed by atoms with van der Waals surface area (Å²) in [6, 6.07) is 15.3. The number of aromatic nitrogens is 2. The number of hydrogen-bond donors (Lipinski definition) is 2. The molecule has 0 saturated carbocycles. The summed E-state index contributed by atoms with van der Waals surface area (Å²) < 4.78 is 13.6. The Hall–Kier alpha value is -3.32. The third-order valence-electron chi connectivity index (χ3n) is 3.96. The molecule has 0 atom stereocenters. The van der Waals surface area contributed by atoms with E-state index < -0.39 is 6.03 Å². The largest absolute Gasteiger partial charge is 0.323 e. The topological polar surface area (TPSA) is 66.9 Å². The molecule has 0 aliphatic heterocycles. The van der Waals surface area contributed by atoms with Crippen molar-refractivity contribution in [3.05, 3.63) is 72.2 Å². The summed E-state index contributed by atoms with van der Waals surface area (Å²) >= 11 is 1.49. The van der Waals surface area contributed by atoms with Crippen LogP contribution in [0.15, 0.2) is 60.8 Å². The zero-order valence-corrected chi connectivity index (χ0v) is 15.2. The van der Waals surface area contributed by atoms with Crippen LogP contribution in [0.2, 0.25) is 0 Å². The predicted octanol–water partition coefficient (Wildman–Crippen LogP) is 5.45. The van der Waals surface area contributed by atoms with Gasteiger partial charge in [-0.25, -0.2) is 19.2 Å². The molecule has 2 N–H and O–H groups in total. The van der Waals surface area contributed by atoms with Crippen molar-refractivity contribution >= 4 is 39.1 Å². The highest BCUT2D eigenvalue weighted by molar-refractivity contribution is 7.21. The average Bonchev–Trinajstić information content (AvgIpc) is 3.09. The number of benzene rings is 2. The third-order valence-corrected chi connectivity index (χ3v) is 4.99. The Balaban J connectivity index is 1.51. The molecule has 7 heteroatoms. The lowest BCUT2D eigenvalue weighted by molar-refractivity contribution is 0.262. The van der Waals surface area contributed by atoms with E-state index in [4.69, 9.17) is 0 Å². The molecule has 0 saturated heterocycles. The Morgan fingerprint density at radius 2 is 1.85 bits per heavy atom. The Bertz CT molecular complexity index is 1110. The molecule has 5 nitrogen and oxygen atoms in total. The molecule has 4 rings (SSSR count). The second-order valence-corrected chi connectivity index (χ2v) is 6.95. The van der Waals surface area contributed by atoms with Gasteiger partial charge in [0, 0.05) is 23.1 Å². The minimum atomic E-state index is -0.443. The van der Waals surface area contributed by atoms with E-state index >= 15 is 0 Å². The number of carbonyl (C=O) groups is 1. The standard InChI is InChI=1S/C20H15FN4OS/c1-12-7-8-15(11-16(12)21)24-20(26)23-14-5-2-4-13(10-14)18-25-17-6-3-9-22-19(17)27-18/h2-11H,1H3,(H2,23,24,26). The van der Waals surface area contributed by atoms with Crippen molar-refractivity contribution in [2.24, 2.45) is 0 Å². The molecule has 0 bridgehead atoms. The normalized spacial score (nSPS) is 10.7. The summed E-state index contributed by atoms with van der Waals surface area (Å²) in [6.45, 7) is 1.67. The second-order valence-electron chi connectivity index (χ2n) is 5.97. The summed E-state index contributed by atoms with van der Waals surface area (Å²) in [5.74, 6) is -0.362. The fourth-order valence-corrected chi connectivity index (χ4v) is 3.49. The molecular formula is C20H15FN4OS. The summed E-state index contributed by atoms with van der Waals surface area (Å²) in [6.07, 6.45) is 1.74. The first-order valence-electron chi connectivity index (χ1n) is 8.25. The summed E-state index contributed by atoms with van der Waals surface area (Å²) in [4.78, 5) is 21.9. The number of fused-ring (bicyclic) bond motifs is 1. The number of nitrogens with zero attached hydrogens (tertiary/aromatic N) is 2. The zero-order valence-electron chi connectivity index (χ0n) is 14.4. The van der Waals surface area contributed by atoms with Gasteiger partial charge < -0.3 is 10.6 Å². The van der Waals surface area contributed by atoms with E-state index in [-0.39, 0.29) is 5.82 Å². The maximum atomic E-state index is 13.6. The van der Waals surface area contributed by atoms with Crippen LogP contribution in [0.4, 0.5) is 20.6 Å². The lowest BCUT2D eigenvalue weighted by Gasteiger charge is -2.09. The lowest BCUT2D eigenvalue weighted by Crippen LogP contribution is -2.19. The number of anilines is 2. The number of rotatable bonds is 3. The molecule has 134 valence electrons. The van der Waals surface area contributed by atoms with Crippen LogP contribution in [0.5, 0.6) is 0 Å². The van der Waals surface area contributed by atoms with E-state index in [2.05, 4.69) is 20.6 Å². The minimum Gasteiger partial charge on any atom is -0.308 e. The minimum absolute atomic E-state index is 0.362. The van der Waals surface area contributed by atoms with Crippen molar-refractivity contribution in [2.45, 2.75) is 6.92 Å². The molecule has 27 heavy (non-hydrogen) atoms. The van der Waals surface area contributed by atoms with E-state index in [1.807, 2.05) is 30.3 Å². The highest BCUT2D eigenvalue weighted by Gasteiger charge is 2.09. The number of amides is 2. The molecule has 2 aromatic heterocycles. The molecule has 0 unspecified atom stereocenters. The number of carbonyl (C=O) groups excluding carboxylic acids is 1. The number of urea groups is 1. The molecule has 4 aromatic rings. The number of thiazole rings is 1. The Morgan fingerprint density at radius 1 is 1.04 bits per heavy atom. The van der Waals surface area contributed by atoms with Crippen LogP contribution in [0.3, 0.4) is 0 Å². The van der Waals surface area contributed by atoms with E-state index in [9.17, 15) is 9.18 Å². The number of halogens is 1. The van der Waals surface area contributed by atoms with E-state index in [0.717, 1.165) is 20.9 Å². The van der Waals surface area contributed by atoms with Gasteiger partial charge in [-0.05, 0) is 48.9 Å². The molecule has 0 fully saturated rings. The fraction of sp³-hybridized carbons (Fsp3) is 0.0500. The van der Waals surface area contributed by atoms with Crippen molar-refractivity contribution in [3.8, 4) is 10.6 Å². The number of pyridine rings is 1. The maximum Gasteiger partial charge on any atom is 0.323 e. The average molecular weight is 378 g/mol. The summed E-state index contributed by atoms with van der Waals surface area (Å²) in [5.41, 5.74) is 3.26. The van der Waals surface area contributed by atoms with Crippen LogP contribution in [0, 0.1) is 12.7 Å². The number of hydrogen-bond acceptors (Lipinski definition) is 4. The third kappa shape index (κ3) is 3.78. The van der Waals surface area contributed by atoms with E-state index in [0.29, 0.717) is 16.9 Å². The first-order valence-corrected chi connectivity index (χ1v) is 9.06. The van der Waals surface area contributed by atoms with Crippen LogP contribution in [0.25, 0.3) is 20.9 Å². The van der Waals surface area contributed by atoms with Crippen molar-refractivity contribution in [1.29, 1.82) is 0 Å². The highest BCUT2D eigenvalue weighted by atomic mass is 32.1. The van der Waals surface area contributed by atoms with Crippen molar-refractivity contribution in [3.63, 3.8) is 0 Å². The van der Waals surface area contributed by atoms with Gasteiger partial charge in [0.1, 0.15) is 21.2 Å². The summed E-state index contributed by atoms with van der Waals surface area (Å²) in [7, 11) is 0. The van der Waals surface area contributed by atoms with Gasteiger partial charge in [-0.2, -0.15) is 0 Å². The smallest absolute Gasteiger partial charge is 0.308 e. The van der Waals surface area contributed by atoms with Gasteiger partial charge in [-0.1, -0.05) is 29.5 Å². The Labute approximate surface area is 158 Å². The molecule has 2 aromatic carbocycles. The zero-order chi connectivity index (χ0) is 18.8. The van der Waals surface area contributed by atoms with Crippen LogP contribution in [-0.2, 0) is 0 Å². The predicted molar refractivity (Wildman–Crippen MR) is 107 cm³/mol. The lowest BCUT2D eigenvalue weighted by atomic mass is 10.2. The molecule has 2 amide bonds. The van der Waals surface area contributed by atoms with E-state index in [1.165, 1.54) is 17.4 Å². The highest BCUT2D eigenvalue weighted by Crippen LogP contribution is 2.30. The van der Waals surface area contributed by atoms with Gasteiger partial charge in [0.15, 0.2) is 0 Å². The van der Waals surface area contributed by atoms with Gasteiger partial charge in [-0.3, -0.25) is 0 Å². The Morgan fingerprint density at radius 3 is 2.63 bits per heavy atom. The first kappa shape index (κ1) is 17.1. The second kappa shape index (κ2) is 7.13. The van der Waals surface area contributed by atoms with E-state index in [1.54, 1.807) is 31.3 Å². The number of aryl methyl sites for hydroxylation is 1. The molecule has 0 spiro atoms. The van der Waals surface area contributed by atoms with Crippen molar-refractivity contribution < 1.29 is 9.18 Å². The fourth-order valence-electron chi connectivity index (χ4n) is 2.59. The molecule has 0 aliphatic rings. The first-order chi connectivity index (χ1) is 13.1. The molecule has 0 radical (unpaired) electrons. The summed E-state index contributed by atoms with van der Waals surface area (Å²) in [5, 5.41) is 6.21. The van der Waals surface area contributed by atoms with Crippen molar-refractivity contribution in [2.75, 3.05) is 10.6 Å². The van der Waals surface area contributed by atoms with Crippen LogP contribution >= 0.6 is 11.3 Å².